The summed E-state index contributed by atoms with van der Waals surface area (Å²) in [5, 5.41) is 3.04. The van der Waals surface area contributed by atoms with Gasteiger partial charge in [-0.15, -0.1) is 11.3 Å². The number of hydrogen-bond donors (Lipinski definition) is 1. The molecule has 1 saturated carbocycles. The van der Waals surface area contributed by atoms with E-state index >= 15 is 0 Å². The van der Waals surface area contributed by atoms with Gasteiger partial charge in [0.1, 0.15) is 0 Å². The van der Waals surface area contributed by atoms with Crippen molar-refractivity contribution in [2.45, 2.75) is 26.2 Å². The van der Waals surface area contributed by atoms with Crippen LogP contribution < -0.4 is 5.32 Å². The lowest BCUT2D eigenvalue weighted by Crippen LogP contribution is -2.30. The molecule has 0 bridgehead atoms. The van der Waals surface area contributed by atoms with E-state index in [2.05, 4.69) is 44.1 Å². The average molecular weight is 381 g/mol. The summed E-state index contributed by atoms with van der Waals surface area (Å²) in [5.41, 5.74) is 0.729. The van der Waals surface area contributed by atoms with E-state index in [4.69, 9.17) is 0 Å². The normalized spacial score (nSPS) is 23.9. The maximum atomic E-state index is 12.0. The first-order valence-corrected chi connectivity index (χ1v) is 8.21. The van der Waals surface area contributed by atoms with Gasteiger partial charge >= 0.3 is 0 Å². The number of rotatable bonds is 3. The van der Waals surface area contributed by atoms with E-state index in [9.17, 15) is 4.79 Å². The second-order valence-electron chi connectivity index (χ2n) is 4.62. The lowest BCUT2D eigenvalue weighted by atomic mass is 9.98. The Labute approximate surface area is 122 Å². The number of nitrogens with one attached hydrogen (secondary N) is 1. The van der Waals surface area contributed by atoms with Crippen molar-refractivity contribution in [2.24, 2.45) is 11.8 Å². The lowest BCUT2D eigenvalue weighted by Gasteiger charge is -2.15. The van der Waals surface area contributed by atoms with Gasteiger partial charge in [-0.3, -0.25) is 4.79 Å². The SMILES string of the molecule is CC1CCCC1CNC(=O)c1cc(Br)sc1Br. The van der Waals surface area contributed by atoms with Crippen LogP contribution in [-0.4, -0.2) is 12.5 Å². The fourth-order valence-electron chi connectivity index (χ4n) is 2.34. The number of carbonyl (C=O) groups excluding carboxylic acids is 1. The Kier molecular flexibility index (Phi) is 4.66. The molecular weight excluding hydrogens is 366 g/mol. The van der Waals surface area contributed by atoms with Gasteiger partial charge < -0.3 is 5.32 Å². The molecule has 0 saturated heterocycles. The van der Waals surface area contributed by atoms with Crippen LogP contribution in [-0.2, 0) is 0 Å². The first-order chi connectivity index (χ1) is 8.08. The van der Waals surface area contributed by atoms with Gasteiger partial charge in [0.2, 0.25) is 0 Å². The molecule has 2 nitrogen and oxygen atoms in total. The zero-order valence-electron chi connectivity index (χ0n) is 9.63. The van der Waals surface area contributed by atoms with Crippen molar-refractivity contribution in [2.75, 3.05) is 6.54 Å². The van der Waals surface area contributed by atoms with Crippen LogP contribution in [0.4, 0.5) is 0 Å². The van der Waals surface area contributed by atoms with E-state index in [1.165, 1.54) is 30.6 Å². The minimum absolute atomic E-state index is 0.0259. The quantitative estimate of drug-likeness (QED) is 0.825. The van der Waals surface area contributed by atoms with Crippen molar-refractivity contribution in [1.29, 1.82) is 0 Å². The largest absolute Gasteiger partial charge is 0.352 e. The van der Waals surface area contributed by atoms with Crippen LogP contribution in [0.5, 0.6) is 0 Å². The second kappa shape index (κ2) is 5.85. The van der Waals surface area contributed by atoms with Gasteiger partial charge in [0.05, 0.1) is 13.1 Å². The van der Waals surface area contributed by atoms with E-state index in [-0.39, 0.29) is 5.91 Å². The summed E-state index contributed by atoms with van der Waals surface area (Å²) >= 11 is 8.33. The van der Waals surface area contributed by atoms with E-state index in [1.54, 1.807) is 0 Å². The molecule has 0 aromatic carbocycles. The topological polar surface area (TPSA) is 29.1 Å². The molecule has 0 radical (unpaired) electrons. The molecule has 94 valence electrons. The molecule has 0 spiro atoms. The van der Waals surface area contributed by atoms with Gasteiger partial charge in [-0.1, -0.05) is 19.8 Å². The van der Waals surface area contributed by atoms with E-state index in [0.717, 1.165) is 25.6 Å². The van der Waals surface area contributed by atoms with Gasteiger partial charge in [-0.25, -0.2) is 0 Å². The first kappa shape index (κ1) is 13.6. The third-order valence-electron chi connectivity index (χ3n) is 3.47. The fraction of sp³-hybridized carbons (Fsp3) is 0.583. The number of thiophene rings is 1. The summed E-state index contributed by atoms with van der Waals surface area (Å²) in [6.07, 6.45) is 3.85. The summed E-state index contributed by atoms with van der Waals surface area (Å²) in [5.74, 6) is 1.42. The van der Waals surface area contributed by atoms with Crippen LogP contribution in [0.2, 0.25) is 0 Å². The Hall–Kier alpha value is 0.130. The molecule has 5 heteroatoms. The van der Waals surface area contributed by atoms with Gasteiger partial charge in [-0.05, 0) is 56.2 Å². The summed E-state index contributed by atoms with van der Waals surface area (Å²) in [4.78, 5) is 12.0. The molecule has 1 aliphatic carbocycles. The molecule has 1 aromatic rings. The summed E-state index contributed by atoms with van der Waals surface area (Å²) in [6.45, 7) is 3.08. The third-order valence-corrected chi connectivity index (χ3v) is 5.80. The average Bonchev–Trinajstić information content (AvgIpc) is 2.81. The zero-order valence-corrected chi connectivity index (χ0v) is 13.6. The third kappa shape index (κ3) is 3.32. The summed E-state index contributed by atoms with van der Waals surface area (Å²) in [7, 11) is 0. The molecule has 2 atom stereocenters. The fourth-order valence-corrected chi connectivity index (χ4v) is 5.13. The van der Waals surface area contributed by atoms with E-state index in [0.29, 0.717) is 5.92 Å². The minimum Gasteiger partial charge on any atom is -0.352 e. The summed E-state index contributed by atoms with van der Waals surface area (Å²) in [6, 6.07) is 1.86. The Morgan fingerprint density at radius 3 is 2.82 bits per heavy atom. The monoisotopic (exact) mass is 379 g/mol. The van der Waals surface area contributed by atoms with Gasteiger partial charge in [0, 0.05) is 6.54 Å². The maximum absolute atomic E-state index is 12.0. The molecule has 1 aromatic heterocycles. The minimum atomic E-state index is 0.0259. The van der Waals surface area contributed by atoms with Crippen LogP contribution in [0.1, 0.15) is 36.5 Å². The molecule has 1 N–H and O–H groups in total. The van der Waals surface area contributed by atoms with Gasteiger partial charge in [-0.2, -0.15) is 0 Å². The molecule has 2 unspecified atom stereocenters. The zero-order chi connectivity index (χ0) is 12.4. The van der Waals surface area contributed by atoms with Crippen molar-refractivity contribution in [1.82, 2.24) is 5.32 Å². The molecule has 1 amide bonds. The highest BCUT2D eigenvalue weighted by Crippen LogP contribution is 2.33. The molecule has 1 fully saturated rings. The molecular formula is C12H15Br2NOS. The number of carbonyl (C=O) groups is 1. The number of halogens is 2. The van der Waals surface area contributed by atoms with Crippen LogP contribution >= 0.6 is 43.2 Å². The predicted octanol–water partition coefficient (Wildman–Crippen LogP) is 4.44. The Bertz CT molecular complexity index is 419. The van der Waals surface area contributed by atoms with Gasteiger partial charge in [0.25, 0.3) is 5.91 Å². The molecule has 17 heavy (non-hydrogen) atoms. The highest BCUT2D eigenvalue weighted by atomic mass is 79.9. The Morgan fingerprint density at radius 2 is 2.29 bits per heavy atom. The van der Waals surface area contributed by atoms with Crippen molar-refractivity contribution < 1.29 is 4.79 Å². The summed E-state index contributed by atoms with van der Waals surface area (Å²) < 4.78 is 1.87. The predicted molar refractivity (Wildman–Crippen MR) is 78.6 cm³/mol. The van der Waals surface area contributed by atoms with Crippen LogP contribution in [0.15, 0.2) is 13.6 Å². The Morgan fingerprint density at radius 1 is 1.53 bits per heavy atom. The molecule has 1 aliphatic rings. The lowest BCUT2D eigenvalue weighted by molar-refractivity contribution is 0.0944. The number of hydrogen-bond acceptors (Lipinski definition) is 2. The first-order valence-electron chi connectivity index (χ1n) is 5.81. The molecule has 0 aliphatic heterocycles. The molecule has 1 heterocycles. The Balaban J connectivity index is 1.91. The highest BCUT2D eigenvalue weighted by Gasteiger charge is 2.24. The number of amides is 1. The van der Waals surface area contributed by atoms with Crippen LogP contribution in [0.25, 0.3) is 0 Å². The van der Waals surface area contributed by atoms with E-state index in [1.807, 2.05) is 6.07 Å². The van der Waals surface area contributed by atoms with Crippen molar-refractivity contribution in [3.05, 3.63) is 19.2 Å². The maximum Gasteiger partial charge on any atom is 0.253 e. The van der Waals surface area contributed by atoms with E-state index < -0.39 is 0 Å². The van der Waals surface area contributed by atoms with Crippen molar-refractivity contribution >= 4 is 49.1 Å². The smallest absolute Gasteiger partial charge is 0.253 e. The molecule has 2 rings (SSSR count). The van der Waals surface area contributed by atoms with Crippen LogP contribution in [0, 0.1) is 11.8 Å². The van der Waals surface area contributed by atoms with Crippen molar-refractivity contribution in [3.63, 3.8) is 0 Å². The highest BCUT2D eigenvalue weighted by molar-refractivity contribution is 9.12. The standard InChI is InChI=1S/C12H15Br2NOS/c1-7-3-2-4-8(7)6-15-12(16)9-5-10(13)17-11(9)14/h5,7-8H,2-4,6H2,1H3,(H,15,16). The van der Waals surface area contributed by atoms with Gasteiger partial charge in [0.15, 0.2) is 0 Å². The van der Waals surface area contributed by atoms with Crippen LogP contribution in [0.3, 0.4) is 0 Å². The van der Waals surface area contributed by atoms with Crippen molar-refractivity contribution in [3.8, 4) is 0 Å². The second-order valence-corrected chi connectivity index (χ2v) is 8.37.